The van der Waals surface area contributed by atoms with Gasteiger partial charge in [-0.1, -0.05) is 41.6 Å². The number of halogens is 1. The molecule has 0 radical (unpaired) electrons. The molecule has 28 heavy (non-hydrogen) atoms. The second-order valence-electron chi connectivity index (χ2n) is 6.02. The van der Waals surface area contributed by atoms with E-state index in [0.29, 0.717) is 21.3 Å². The molecule has 0 N–H and O–H groups in total. The van der Waals surface area contributed by atoms with Gasteiger partial charge in [0.05, 0.1) is 17.6 Å². The number of furan rings is 1. The molecule has 2 aromatic heterocycles. The maximum absolute atomic E-state index is 13.3. The van der Waals surface area contributed by atoms with E-state index in [-0.39, 0.29) is 11.3 Å². The molecule has 0 unspecified atom stereocenters. The van der Waals surface area contributed by atoms with Crippen molar-refractivity contribution >= 4 is 29.3 Å². The molecule has 0 saturated carbocycles. The average molecular weight is 411 g/mol. The standard InChI is InChI=1S/C21H15ClN2O3S/c1-14-19(28-17-11-9-15(22)10-12-17)21(26)24(16-6-3-2-4-7-16)23(14)20(25)18-8-5-13-27-18/h2-13H,1H3. The fourth-order valence-corrected chi connectivity index (χ4v) is 3.92. The third-order valence-electron chi connectivity index (χ3n) is 4.19. The number of hydrogen-bond acceptors (Lipinski definition) is 4. The van der Waals surface area contributed by atoms with E-state index in [1.807, 2.05) is 30.3 Å². The second-order valence-corrected chi connectivity index (χ2v) is 7.54. The highest BCUT2D eigenvalue weighted by Gasteiger charge is 2.25. The summed E-state index contributed by atoms with van der Waals surface area (Å²) in [7, 11) is 0. The number of carbonyl (C=O) groups is 1. The third-order valence-corrected chi connectivity index (χ3v) is 5.63. The average Bonchev–Trinajstić information content (AvgIpc) is 3.33. The SMILES string of the molecule is Cc1c(Sc2ccc(Cl)cc2)c(=O)n(-c2ccccc2)n1C(=O)c1ccco1. The van der Waals surface area contributed by atoms with Crippen molar-refractivity contribution in [3.05, 3.63) is 99.8 Å². The molecule has 4 rings (SSSR count). The Labute approximate surface area is 170 Å². The summed E-state index contributed by atoms with van der Waals surface area (Å²) in [6.07, 6.45) is 1.43. The Morgan fingerprint density at radius 2 is 1.71 bits per heavy atom. The van der Waals surface area contributed by atoms with Crippen molar-refractivity contribution < 1.29 is 9.21 Å². The van der Waals surface area contributed by atoms with Gasteiger partial charge in [0, 0.05) is 9.92 Å². The normalized spacial score (nSPS) is 10.9. The molecule has 0 spiro atoms. The first-order chi connectivity index (χ1) is 13.6. The molecule has 0 fully saturated rings. The lowest BCUT2D eigenvalue weighted by atomic mass is 10.3. The Balaban J connectivity index is 1.90. The van der Waals surface area contributed by atoms with Crippen molar-refractivity contribution in [3.8, 4) is 5.69 Å². The first-order valence-electron chi connectivity index (χ1n) is 8.48. The summed E-state index contributed by atoms with van der Waals surface area (Å²) in [4.78, 5) is 27.7. The molecule has 0 atom stereocenters. The van der Waals surface area contributed by atoms with Crippen LogP contribution in [0, 0.1) is 6.92 Å². The lowest BCUT2D eigenvalue weighted by Gasteiger charge is -2.10. The fourth-order valence-electron chi connectivity index (χ4n) is 2.88. The topological polar surface area (TPSA) is 57.1 Å². The smallest absolute Gasteiger partial charge is 0.312 e. The van der Waals surface area contributed by atoms with Gasteiger partial charge in [0.2, 0.25) is 0 Å². The molecule has 0 amide bonds. The summed E-state index contributed by atoms with van der Waals surface area (Å²) in [6.45, 7) is 1.75. The molecule has 0 bridgehead atoms. The number of rotatable bonds is 4. The minimum atomic E-state index is -0.411. The van der Waals surface area contributed by atoms with Crippen LogP contribution in [0.15, 0.2) is 92.0 Å². The van der Waals surface area contributed by atoms with E-state index in [4.69, 9.17) is 16.0 Å². The minimum absolute atomic E-state index is 0.158. The Kier molecular flexibility index (Phi) is 4.98. The number of aromatic nitrogens is 2. The lowest BCUT2D eigenvalue weighted by molar-refractivity contribution is 0.0905. The van der Waals surface area contributed by atoms with E-state index in [2.05, 4.69) is 0 Å². The number of benzene rings is 2. The molecular weight excluding hydrogens is 396 g/mol. The molecule has 2 aromatic carbocycles. The summed E-state index contributed by atoms with van der Waals surface area (Å²) in [5, 5.41) is 0.619. The van der Waals surface area contributed by atoms with Gasteiger partial charge < -0.3 is 4.42 Å². The van der Waals surface area contributed by atoms with Crippen LogP contribution in [0.5, 0.6) is 0 Å². The lowest BCUT2D eigenvalue weighted by Crippen LogP contribution is -2.27. The van der Waals surface area contributed by atoms with Crippen molar-refractivity contribution in [1.29, 1.82) is 0 Å². The van der Waals surface area contributed by atoms with E-state index in [1.165, 1.54) is 27.4 Å². The summed E-state index contributed by atoms with van der Waals surface area (Å²) in [5.41, 5.74) is 0.859. The van der Waals surface area contributed by atoms with Crippen LogP contribution in [0.25, 0.3) is 5.69 Å². The number of carbonyl (C=O) groups excluding carboxylic acids is 1. The van der Waals surface area contributed by atoms with Gasteiger partial charge in [0.15, 0.2) is 5.76 Å². The van der Waals surface area contributed by atoms with Crippen LogP contribution < -0.4 is 5.56 Å². The zero-order valence-electron chi connectivity index (χ0n) is 14.8. The molecule has 5 nitrogen and oxygen atoms in total. The van der Waals surface area contributed by atoms with Crippen LogP contribution >= 0.6 is 23.4 Å². The van der Waals surface area contributed by atoms with Crippen LogP contribution in [0.4, 0.5) is 0 Å². The van der Waals surface area contributed by atoms with E-state index >= 15 is 0 Å². The maximum atomic E-state index is 13.3. The van der Waals surface area contributed by atoms with Gasteiger partial charge in [0.25, 0.3) is 5.56 Å². The molecule has 0 aliphatic carbocycles. The van der Waals surface area contributed by atoms with Gasteiger partial charge in [0.1, 0.15) is 4.90 Å². The molecule has 4 aromatic rings. The summed E-state index contributed by atoms with van der Waals surface area (Å²) in [5.74, 6) is -0.253. The molecule has 0 aliphatic heterocycles. The number of hydrogen-bond donors (Lipinski definition) is 0. The van der Waals surface area contributed by atoms with Gasteiger partial charge in [-0.25, -0.2) is 9.36 Å². The molecule has 140 valence electrons. The van der Waals surface area contributed by atoms with Crippen molar-refractivity contribution in [2.24, 2.45) is 0 Å². The van der Waals surface area contributed by atoms with Crippen LogP contribution in [0.2, 0.25) is 5.02 Å². The first kappa shape index (κ1) is 18.4. The molecule has 0 saturated heterocycles. The predicted octanol–water partition coefficient (Wildman–Crippen LogP) is 5.03. The minimum Gasteiger partial charge on any atom is -0.459 e. The van der Waals surface area contributed by atoms with E-state index in [1.54, 1.807) is 43.3 Å². The van der Waals surface area contributed by atoms with Crippen LogP contribution in [0.3, 0.4) is 0 Å². The Hall–Kier alpha value is -2.96. The monoisotopic (exact) mass is 410 g/mol. The maximum Gasteiger partial charge on any atom is 0.312 e. The van der Waals surface area contributed by atoms with E-state index in [0.717, 1.165) is 4.90 Å². The van der Waals surface area contributed by atoms with Gasteiger partial charge in [-0.05, 0) is 55.5 Å². The highest BCUT2D eigenvalue weighted by atomic mass is 35.5. The zero-order valence-corrected chi connectivity index (χ0v) is 16.4. The highest BCUT2D eigenvalue weighted by molar-refractivity contribution is 7.99. The predicted molar refractivity (Wildman–Crippen MR) is 109 cm³/mol. The van der Waals surface area contributed by atoms with Crippen molar-refractivity contribution in [2.75, 3.05) is 0 Å². The Bertz CT molecular complexity index is 1180. The first-order valence-corrected chi connectivity index (χ1v) is 9.67. The summed E-state index contributed by atoms with van der Waals surface area (Å²) < 4.78 is 8.00. The van der Waals surface area contributed by atoms with Crippen molar-refractivity contribution in [3.63, 3.8) is 0 Å². The van der Waals surface area contributed by atoms with Gasteiger partial charge in [-0.2, -0.15) is 0 Å². The zero-order chi connectivity index (χ0) is 19.7. The highest BCUT2D eigenvalue weighted by Crippen LogP contribution is 2.30. The van der Waals surface area contributed by atoms with Gasteiger partial charge in [-0.3, -0.25) is 9.59 Å². The molecular formula is C21H15ClN2O3S. The fraction of sp³-hybridized carbons (Fsp3) is 0.0476. The molecule has 7 heteroatoms. The number of para-hydroxylation sites is 1. The summed E-state index contributed by atoms with van der Waals surface area (Å²) >= 11 is 7.25. The van der Waals surface area contributed by atoms with Crippen molar-refractivity contribution in [2.45, 2.75) is 16.7 Å². The summed E-state index contributed by atoms with van der Waals surface area (Å²) in [6, 6.07) is 19.5. The Morgan fingerprint density at radius 1 is 1.00 bits per heavy atom. The third kappa shape index (κ3) is 3.32. The van der Waals surface area contributed by atoms with E-state index in [9.17, 15) is 9.59 Å². The van der Waals surface area contributed by atoms with Gasteiger partial charge in [-0.15, -0.1) is 0 Å². The van der Waals surface area contributed by atoms with Crippen LogP contribution in [0.1, 0.15) is 16.2 Å². The van der Waals surface area contributed by atoms with E-state index < -0.39 is 5.91 Å². The van der Waals surface area contributed by atoms with Crippen LogP contribution in [-0.4, -0.2) is 15.3 Å². The number of nitrogens with zero attached hydrogens (tertiary/aromatic N) is 2. The largest absolute Gasteiger partial charge is 0.459 e. The van der Waals surface area contributed by atoms with Crippen LogP contribution in [-0.2, 0) is 0 Å². The quantitative estimate of drug-likeness (QED) is 0.473. The van der Waals surface area contributed by atoms with Gasteiger partial charge >= 0.3 is 5.91 Å². The second kappa shape index (κ2) is 7.58. The van der Waals surface area contributed by atoms with Crippen molar-refractivity contribution in [1.82, 2.24) is 9.36 Å². The molecule has 2 heterocycles. The Morgan fingerprint density at radius 3 is 2.36 bits per heavy atom. The molecule has 0 aliphatic rings.